The van der Waals surface area contributed by atoms with Crippen LogP contribution < -0.4 is 5.32 Å². The number of hydrogen-bond acceptors (Lipinski definition) is 4. The van der Waals surface area contributed by atoms with Crippen LogP contribution in [-0.2, 0) is 16.0 Å². The molecule has 3 aromatic rings. The first-order chi connectivity index (χ1) is 12.5. The Kier molecular flexibility index (Phi) is 5.58. The van der Waals surface area contributed by atoms with Gasteiger partial charge >= 0.3 is 5.97 Å². The van der Waals surface area contributed by atoms with E-state index in [1.807, 2.05) is 6.07 Å². The minimum Gasteiger partial charge on any atom is -0.466 e. The van der Waals surface area contributed by atoms with Crippen molar-refractivity contribution in [1.82, 2.24) is 9.38 Å². The topological polar surface area (TPSA) is 72.7 Å². The fraction of sp³-hybridized carbons (Fsp3) is 0.167. The number of rotatable bonds is 5. The van der Waals surface area contributed by atoms with E-state index in [4.69, 9.17) is 16.3 Å². The molecule has 0 atom stereocenters. The van der Waals surface area contributed by atoms with Crippen molar-refractivity contribution < 1.29 is 14.3 Å². The first-order valence-electron chi connectivity index (χ1n) is 7.87. The number of fused-ring (bicyclic) bond motifs is 1. The number of hydrogen-bond donors (Lipinski definition) is 1. The van der Waals surface area contributed by atoms with Gasteiger partial charge in [0.05, 0.1) is 29.3 Å². The van der Waals surface area contributed by atoms with Gasteiger partial charge in [-0.05, 0) is 47.1 Å². The lowest BCUT2D eigenvalue weighted by Gasteiger charge is -2.09. The van der Waals surface area contributed by atoms with E-state index < -0.39 is 5.97 Å². The summed E-state index contributed by atoms with van der Waals surface area (Å²) in [6.45, 7) is 2.01. The molecule has 0 saturated heterocycles. The van der Waals surface area contributed by atoms with Crippen molar-refractivity contribution in [1.29, 1.82) is 0 Å². The quantitative estimate of drug-likeness (QED) is 0.611. The molecule has 26 heavy (non-hydrogen) atoms. The molecule has 3 rings (SSSR count). The van der Waals surface area contributed by atoms with Gasteiger partial charge in [0, 0.05) is 10.7 Å². The Morgan fingerprint density at radius 1 is 1.27 bits per heavy atom. The van der Waals surface area contributed by atoms with Crippen LogP contribution in [0, 0.1) is 0 Å². The number of amides is 1. The van der Waals surface area contributed by atoms with Gasteiger partial charge in [0.2, 0.25) is 0 Å². The zero-order valence-corrected chi connectivity index (χ0v) is 16.2. The van der Waals surface area contributed by atoms with Crippen molar-refractivity contribution in [3.8, 4) is 0 Å². The van der Waals surface area contributed by atoms with Crippen LogP contribution >= 0.6 is 27.5 Å². The first-order valence-corrected chi connectivity index (χ1v) is 9.04. The third kappa shape index (κ3) is 3.89. The number of nitrogens with one attached hydrogen (secondary N) is 1. The lowest BCUT2D eigenvalue weighted by atomic mass is 10.2. The lowest BCUT2D eigenvalue weighted by Crippen LogP contribution is -2.16. The first kappa shape index (κ1) is 18.4. The van der Waals surface area contributed by atoms with Crippen LogP contribution in [-0.4, -0.2) is 27.9 Å². The van der Waals surface area contributed by atoms with Crippen LogP contribution in [0.1, 0.15) is 23.0 Å². The summed E-state index contributed by atoms with van der Waals surface area (Å²) in [6.07, 6.45) is 1.71. The molecule has 1 N–H and O–H groups in total. The molecule has 6 nitrogen and oxygen atoms in total. The number of benzene rings is 1. The molecular weight excluding hydrogens is 422 g/mol. The molecule has 0 fully saturated rings. The number of anilines is 1. The van der Waals surface area contributed by atoms with Gasteiger partial charge in [-0.25, -0.2) is 4.98 Å². The van der Waals surface area contributed by atoms with Crippen LogP contribution in [0.2, 0.25) is 5.02 Å². The summed E-state index contributed by atoms with van der Waals surface area (Å²) in [7, 11) is 0. The fourth-order valence-electron chi connectivity index (χ4n) is 2.49. The van der Waals surface area contributed by atoms with Crippen molar-refractivity contribution in [3.63, 3.8) is 0 Å². The Balaban J connectivity index is 2.01. The summed E-state index contributed by atoms with van der Waals surface area (Å²) < 4.78 is 7.50. The second kappa shape index (κ2) is 7.88. The summed E-state index contributed by atoms with van der Waals surface area (Å²) in [4.78, 5) is 29.0. The molecule has 0 saturated carbocycles. The summed E-state index contributed by atoms with van der Waals surface area (Å²) in [5, 5.41) is 3.15. The number of pyridine rings is 1. The monoisotopic (exact) mass is 435 g/mol. The summed E-state index contributed by atoms with van der Waals surface area (Å²) in [5.41, 5.74) is 1.35. The van der Waals surface area contributed by atoms with Gasteiger partial charge in [0.25, 0.3) is 5.91 Å². The number of esters is 1. The predicted molar refractivity (Wildman–Crippen MR) is 103 cm³/mol. The summed E-state index contributed by atoms with van der Waals surface area (Å²) in [6, 6.07) is 10.4. The van der Waals surface area contributed by atoms with E-state index in [-0.39, 0.29) is 18.9 Å². The van der Waals surface area contributed by atoms with E-state index >= 15 is 0 Å². The highest BCUT2D eigenvalue weighted by Gasteiger charge is 2.20. The van der Waals surface area contributed by atoms with E-state index in [2.05, 4.69) is 26.2 Å². The zero-order chi connectivity index (χ0) is 18.7. The Morgan fingerprint density at radius 3 is 2.77 bits per heavy atom. The van der Waals surface area contributed by atoms with Crippen LogP contribution in [0.15, 0.2) is 47.1 Å². The zero-order valence-electron chi connectivity index (χ0n) is 13.8. The molecular formula is C18H15BrClN3O3. The smallest absolute Gasteiger partial charge is 0.312 e. The van der Waals surface area contributed by atoms with Crippen molar-refractivity contribution in [2.75, 3.05) is 11.9 Å². The van der Waals surface area contributed by atoms with Gasteiger partial charge < -0.3 is 10.1 Å². The molecule has 0 spiro atoms. The van der Waals surface area contributed by atoms with Crippen molar-refractivity contribution in [3.05, 3.63) is 63.3 Å². The fourth-order valence-corrected chi connectivity index (χ4v) is 3.05. The number of nitrogens with zero attached hydrogens (tertiary/aromatic N) is 2. The molecule has 0 aliphatic rings. The number of halogens is 2. The highest BCUT2D eigenvalue weighted by atomic mass is 79.9. The second-order valence-electron chi connectivity index (χ2n) is 5.40. The maximum Gasteiger partial charge on any atom is 0.312 e. The van der Waals surface area contributed by atoms with Crippen LogP contribution in [0.3, 0.4) is 0 Å². The maximum atomic E-state index is 12.7. The van der Waals surface area contributed by atoms with Gasteiger partial charge in [0.1, 0.15) is 11.5 Å². The minimum atomic E-state index is -0.414. The minimum absolute atomic E-state index is 0.0503. The van der Waals surface area contributed by atoms with Crippen LogP contribution in [0.25, 0.3) is 5.65 Å². The molecule has 0 aliphatic carbocycles. The number of imidazole rings is 1. The number of carbonyl (C=O) groups excluding carboxylic acids is 2. The lowest BCUT2D eigenvalue weighted by molar-refractivity contribution is -0.142. The number of carbonyl (C=O) groups is 2. The average Bonchev–Trinajstić information content (AvgIpc) is 2.92. The van der Waals surface area contributed by atoms with Gasteiger partial charge in [-0.15, -0.1) is 0 Å². The summed E-state index contributed by atoms with van der Waals surface area (Å²) >= 11 is 9.50. The molecule has 2 heterocycles. The van der Waals surface area contributed by atoms with E-state index in [1.165, 1.54) is 0 Å². The van der Waals surface area contributed by atoms with Gasteiger partial charge in [-0.3, -0.25) is 14.0 Å². The summed E-state index contributed by atoms with van der Waals surface area (Å²) in [5.74, 6) is -0.398. The van der Waals surface area contributed by atoms with E-state index in [0.29, 0.717) is 27.7 Å². The van der Waals surface area contributed by atoms with Gasteiger partial charge in [-0.2, -0.15) is 0 Å². The molecule has 0 unspecified atom stereocenters. The molecule has 0 bridgehead atoms. The Labute approximate surface area is 163 Å². The molecule has 8 heteroatoms. The molecule has 2 aromatic heterocycles. The van der Waals surface area contributed by atoms with Crippen LogP contribution in [0.5, 0.6) is 0 Å². The average molecular weight is 437 g/mol. The Bertz CT molecular complexity index is 987. The molecule has 0 radical (unpaired) electrons. The highest BCUT2D eigenvalue weighted by Crippen LogP contribution is 2.24. The molecule has 134 valence electrons. The number of ether oxygens (including phenoxy) is 1. The van der Waals surface area contributed by atoms with Crippen molar-refractivity contribution >= 4 is 50.9 Å². The third-order valence-electron chi connectivity index (χ3n) is 3.62. The van der Waals surface area contributed by atoms with Crippen molar-refractivity contribution in [2.45, 2.75) is 13.3 Å². The molecule has 1 aromatic carbocycles. The second-order valence-corrected chi connectivity index (χ2v) is 6.72. The Hall–Kier alpha value is -2.38. The molecule has 1 amide bonds. The largest absolute Gasteiger partial charge is 0.466 e. The maximum absolute atomic E-state index is 12.7. The SMILES string of the molecule is CCOC(=O)Cc1nc2ccc(Br)cn2c1NC(=O)c1ccccc1Cl. The van der Waals surface area contributed by atoms with Crippen LogP contribution in [0.4, 0.5) is 5.82 Å². The standard InChI is InChI=1S/C18H15BrClN3O3/c1-2-26-16(24)9-14-17(23-10-11(19)7-8-15(23)21-14)22-18(25)12-5-3-4-6-13(12)20/h3-8,10H,2,9H2,1H3,(H,22,25). The molecule has 0 aliphatic heterocycles. The van der Waals surface area contributed by atoms with Gasteiger partial charge in [0.15, 0.2) is 0 Å². The predicted octanol–water partition coefficient (Wildman–Crippen LogP) is 4.11. The van der Waals surface area contributed by atoms with Crippen molar-refractivity contribution in [2.24, 2.45) is 0 Å². The van der Waals surface area contributed by atoms with Gasteiger partial charge in [-0.1, -0.05) is 23.7 Å². The Morgan fingerprint density at radius 2 is 2.04 bits per heavy atom. The highest BCUT2D eigenvalue weighted by molar-refractivity contribution is 9.10. The normalized spacial score (nSPS) is 10.7. The number of aromatic nitrogens is 2. The third-order valence-corrected chi connectivity index (χ3v) is 4.42. The van der Waals surface area contributed by atoms with E-state index in [9.17, 15) is 9.59 Å². The van der Waals surface area contributed by atoms with E-state index in [1.54, 1.807) is 47.9 Å². The van der Waals surface area contributed by atoms with E-state index in [0.717, 1.165) is 4.47 Å².